The number of aryl methyl sites for hydroxylation is 1. The smallest absolute Gasteiger partial charge is 0.342 e. The van der Waals surface area contributed by atoms with E-state index in [1.54, 1.807) is 12.1 Å². The summed E-state index contributed by atoms with van der Waals surface area (Å²) in [6, 6.07) is 10.3. The summed E-state index contributed by atoms with van der Waals surface area (Å²) in [6.07, 6.45) is 0. The van der Waals surface area contributed by atoms with E-state index >= 15 is 0 Å². The zero-order valence-corrected chi connectivity index (χ0v) is 18.2. The molecule has 0 atom stereocenters. The Bertz CT molecular complexity index is 942. The van der Waals surface area contributed by atoms with Crippen molar-refractivity contribution in [3.63, 3.8) is 0 Å². The van der Waals surface area contributed by atoms with Crippen LogP contribution >= 0.6 is 0 Å². The van der Waals surface area contributed by atoms with Crippen LogP contribution in [0.2, 0.25) is 0 Å². The first-order valence-electron chi connectivity index (χ1n) is 9.37. The van der Waals surface area contributed by atoms with E-state index in [2.05, 4.69) is 5.32 Å². The summed E-state index contributed by atoms with van der Waals surface area (Å²) in [5.41, 5.74) is 1.77. The highest BCUT2D eigenvalue weighted by Crippen LogP contribution is 2.39. The van der Waals surface area contributed by atoms with Crippen LogP contribution in [0.15, 0.2) is 36.4 Å². The Morgan fingerprint density at radius 2 is 1.55 bits per heavy atom. The van der Waals surface area contributed by atoms with Crippen molar-refractivity contribution in [3.05, 3.63) is 47.5 Å². The standard InChI is InChI=1S/C22H26N2O7/c1-14-6-8-15(9-7-14)23-18(25)12-24(2)19(26)13-31-22(27)16-10-11-17(28-3)21(30-5)20(16)29-4/h6-11H,12-13H2,1-5H3,(H,23,25). The van der Waals surface area contributed by atoms with Gasteiger partial charge in [-0.3, -0.25) is 9.59 Å². The normalized spacial score (nSPS) is 10.1. The molecule has 0 aliphatic rings. The lowest BCUT2D eigenvalue weighted by molar-refractivity contribution is -0.136. The fourth-order valence-electron chi connectivity index (χ4n) is 2.72. The van der Waals surface area contributed by atoms with Gasteiger partial charge in [-0.1, -0.05) is 17.7 Å². The van der Waals surface area contributed by atoms with Crippen molar-refractivity contribution in [2.75, 3.05) is 46.8 Å². The minimum Gasteiger partial charge on any atom is -0.493 e. The number of hydrogen-bond donors (Lipinski definition) is 1. The van der Waals surface area contributed by atoms with E-state index in [-0.39, 0.29) is 29.5 Å². The predicted octanol–water partition coefficient (Wildman–Crippen LogP) is 2.27. The second-order valence-corrected chi connectivity index (χ2v) is 6.62. The van der Waals surface area contributed by atoms with Crippen molar-refractivity contribution < 1.29 is 33.3 Å². The number of hydrogen-bond acceptors (Lipinski definition) is 7. The largest absolute Gasteiger partial charge is 0.493 e. The molecule has 0 fully saturated rings. The molecule has 0 heterocycles. The van der Waals surface area contributed by atoms with Crippen LogP contribution in [0.3, 0.4) is 0 Å². The number of ether oxygens (including phenoxy) is 4. The molecule has 2 aromatic carbocycles. The van der Waals surface area contributed by atoms with Crippen LogP contribution in [0.4, 0.5) is 5.69 Å². The van der Waals surface area contributed by atoms with Gasteiger partial charge in [0.2, 0.25) is 11.7 Å². The maximum atomic E-state index is 12.5. The maximum Gasteiger partial charge on any atom is 0.342 e. The molecule has 9 heteroatoms. The minimum absolute atomic E-state index is 0.0766. The van der Waals surface area contributed by atoms with E-state index in [9.17, 15) is 14.4 Å². The van der Waals surface area contributed by atoms with E-state index in [1.807, 2.05) is 19.1 Å². The van der Waals surface area contributed by atoms with E-state index in [0.717, 1.165) is 5.56 Å². The predicted molar refractivity (Wildman–Crippen MR) is 114 cm³/mol. The molecule has 0 saturated carbocycles. The van der Waals surface area contributed by atoms with Crippen molar-refractivity contribution in [2.24, 2.45) is 0 Å². The quantitative estimate of drug-likeness (QED) is 0.609. The van der Waals surface area contributed by atoms with Gasteiger partial charge < -0.3 is 29.2 Å². The number of carbonyl (C=O) groups is 3. The van der Waals surface area contributed by atoms with Crippen LogP contribution < -0.4 is 19.5 Å². The van der Waals surface area contributed by atoms with E-state index in [0.29, 0.717) is 11.4 Å². The third kappa shape index (κ3) is 6.11. The fraction of sp³-hybridized carbons (Fsp3) is 0.318. The highest BCUT2D eigenvalue weighted by Gasteiger charge is 2.23. The number of methoxy groups -OCH3 is 3. The monoisotopic (exact) mass is 430 g/mol. The van der Waals surface area contributed by atoms with E-state index in [1.165, 1.54) is 45.4 Å². The molecule has 0 saturated heterocycles. The van der Waals surface area contributed by atoms with Crippen molar-refractivity contribution >= 4 is 23.5 Å². The number of anilines is 1. The lowest BCUT2D eigenvalue weighted by Crippen LogP contribution is -2.37. The Hall–Kier alpha value is -3.75. The molecule has 2 rings (SSSR count). The number of likely N-dealkylation sites (N-methyl/N-ethyl adjacent to an activating group) is 1. The molecule has 0 aliphatic heterocycles. The second kappa shape index (κ2) is 10.9. The summed E-state index contributed by atoms with van der Waals surface area (Å²) in [5.74, 6) is -0.935. The third-order valence-electron chi connectivity index (χ3n) is 4.39. The molecule has 1 N–H and O–H groups in total. The lowest BCUT2D eigenvalue weighted by atomic mass is 10.1. The zero-order chi connectivity index (χ0) is 23.0. The maximum absolute atomic E-state index is 12.5. The average Bonchev–Trinajstić information content (AvgIpc) is 2.77. The summed E-state index contributed by atoms with van der Waals surface area (Å²) in [7, 11) is 5.69. The number of carbonyl (C=O) groups excluding carboxylic acids is 3. The Labute approximate surface area is 180 Å². The SMILES string of the molecule is COc1ccc(C(=O)OCC(=O)N(C)CC(=O)Nc2ccc(C)cc2)c(OC)c1OC. The first kappa shape index (κ1) is 23.5. The number of esters is 1. The van der Waals surface area contributed by atoms with E-state index < -0.39 is 18.5 Å². The molecule has 166 valence electrons. The summed E-state index contributed by atoms with van der Waals surface area (Å²) in [6.45, 7) is 1.21. The Kier molecular flexibility index (Phi) is 8.25. The number of amides is 2. The van der Waals surface area contributed by atoms with Gasteiger partial charge in [0.15, 0.2) is 18.1 Å². The highest BCUT2D eigenvalue weighted by atomic mass is 16.5. The topological polar surface area (TPSA) is 103 Å². The van der Waals surface area contributed by atoms with Crippen LogP contribution in [0.25, 0.3) is 0 Å². The summed E-state index contributed by atoms with van der Waals surface area (Å²) < 4.78 is 20.8. The van der Waals surface area contributed by atoms with Gasteiger partial charge >= 0.3 is 5.97 Å². The van der Waals surface area contributed by atoms with Crippen molar-refractivity contribution in [3.8, 4) is 17.2 Å². The second-order valence-electron chi connectivity index (χ2n) is 6.62. The van der Waals surface area contributed by atoms with Gasteiger partial charge in [-0.2, -0.15) is 0 Å². The van der Waals surface area contributed by atoms with Crippen LogP contribution in [-0.4, -0.2) is 64.2 Å². The van der Waals surface area contributed by atoms with Crippen LogP contribution in [-0.2, 0) is 14.3 Å². The van der Waals surface area contributed by atoms with Crippen molar-refractivity contribution in [1.82, 2.24) is 4.90 Å². The van der Waals surface area contributed by atoms with Gasteiger partial charge in [0.05, 0.1) is 27.9 Å². The molecule has 0 unspecified atom stereocenters. The van der Waals surface area contributed by atoms with Gasteiger partial charge in [-0.15, -0.1) is 0 Å². The van der Waals surface area contributed by atoms with Crippen molar-refractivity contribution in [1.29, 1.82) is 0 Å². The summed E-state index contributed by atoms with van der Waals surface area (Å²) in [4.78, 5) is 38.0. The molecule has 0 aromatic heterocycles. The molecule has 2 amide bonds. The van der Waals surface area contributed by atoms with Gasteiger partial charge in [-0.05, 0) is 31.2 Å². The highest BCUT2D eigenvalue weighted by molar-refractivity contribution is 5.97. The van der Waals surface area contributed by atoms with Crippen molar-refractivity contribution in [2.45, 2.75) is 6.92 Å². The number of nitrogens with one attached hydrogen (secondary N) is 1. The molecule has 2 aromatic rings. The van der Waals surface area contributed by atoms with Crippen LogP contribution in [0.1, 0.15) is 15.9 Å². The number of nitrogens with zero attached hydrogens (tertiary/aromatic N) is 1. The molecule has 0 spiro atoms. The Balaban J connectivity index is 1.94. The van der Waals surface area contributed by atoms with Gasteiger partial charge in [-0.25, -0.2) is 4.79 Å². The Morgan fingerprint density at radius 3 is 2.13 bits per heavy atom. The van der Waals surface area contributed by atoms with Gasteiger partial charge in [0.1, 0.15) is 5.56 Å². The molecular weight excluding hydrogens is 404 g/mol. The van der Waals surface area contributed by atoms with Gasteiger partial charge in [0, 0.05) is 12.7 Å². The Morgan fingerprint density at radius 1 is 0.903 bits per heavy atom. The van der Waals surface area contributed by atoms with Crippen LogP contribution in [0, 0.1) is 6.92 Å². The summed E-state index contributed by atoms with van der Waals surface area (Å²) in [5, 5.41) is 2.70. The van der Waals surface area contributed by atoms with E-state index in [4.69, 9.17) is 18.9 Å². The molecular formula is C22H26N2O7. The summed E-state index contributed by atoms with van der Waals surface area (Å²) >= 11 is 0. The fourth-order valence-corrected chi connectivity index (χ4v) is 2.72. The minimum atomic E-state index is -0.774. The third-order valence-corrected chi connectivity index (χ3v) is 4.39. The molecule has 9 nitrogen and oxygen atoms in total. The zero-order valence-electron chi connectivity index (χ0n) is 18.2. The first-order chi connectivity index (χ1) is 14.8. The average molecular weight is 430 g/mol. The van der Waals surface area contributed by atoms with Crippen LogP contribution in [0.5, 0.6) is 17.2 Å². The molecule has 0 radical (unpaired) electrons. The number of benzene rings is 2. The first-order valence-corrected chi connectivity index (χ1v) is 9.37. The molecule has 0 aliphatic carbocycles. The lowest BCUT2D eigenvalue weighted by Gasteiger charge is -2.18. The molecule has 31 heavy (non-hydrogen) atoms. The number of rotatable bonds is 9. The molecule has 0 bridgehead atoms. The van der Waals surface area contributed by atoms with Gasteiger partial charge in [0.25, 0.3) is 5.91 Å².